The highest BCUT2D eigenvalue weighted by Gasteiger charge is 2.33. The van der Waals surface area contributed by atoms with Gasteiger partial charge in [-0.25, -0.2) is 12.8 Å². The van der Waals surface area contributed by atoms with Crippen LogP contribution in [-0.4, -0.2) is 31.7 Å². The van der Waals surface area contributed by atoms with E-state index in [4.69, 9.17) is 0 Å². The van der Waals surface area contributed by atoms with Gasteiger partial charge in [-0.05, 0) is 55.2 Å². The molecule has 2 aromatic carbocycles. The number of piperidine rings is 1. The number of benzene rings is 2. The lowest BCUT2D eigenvalue weighted by Crippen LogP contribution is -2.43. The molecule has 0 saturated carbocycles. The van der Waals surface area contributed by atoms with Crippen LogP contribution in [0, 0.1) is 11.7 Å². The molecule has 2 aromatic rings. The number of rotatable bonds is 5. The maximum atomic E-state index is 13.1. The van der Waals surface area contributed by atoms with Gasteiger partial charge in [-0.3, -0.25) is 4.79 Å². The number of anilines is 1. The second kappa shape index (κ2) is 8.19. The van der Waals surface area contributed by atoms with Crippen molar-refractivity contribution in [2.45, 2.75) is 31.1 Å². The highest BCUT2D eigenvalue weighted by Crippen LogP contribution is 2.25. The Morgan fingerprint density at radius 2 is 1.89 bits per heavy atom. The van der Waals surface area contributed by atoms with Crippen LogP contribution in [0.4, 0.5) is 10.1 Å². The minimum Gasteiger partial charge on any atom is -0.326 e. The molecule has 0 radical (unpaired) electrons. The standard InChI is InChI=1S/C20H23FN2O3S/c1-2-15-6-3-4-8-19(15)22-20(24)16-7-5-13-23(14-16)27(25,26)18-11-9-17(21)10-12-18/h3-4,6,8-12,16H,2,5,7,13-14H2,1H3,(H,22,24)/t16-/m0/s1. The summed E-state index contributed by atoms with van der Waals surface area (Å²) in [5, 5.41) is 2.94. The monoisotopic (exact) mass is 390 g/mol. The minimum absolute atomic E-state index is 0.0429. The number of nitrogens with zero attached hydrogens (tertiary/aromatic N) is 1. The summed E-state index contributed by atoms with van der Waals surface area (Å²) in [5.74, 6) is -1.08. The van der Waals surface area contributed by atoms with Gasteiger partial charge in [0.1, 0.15) is 5.82 Å². The number of carbonyl (C=O) groups excluding carboxylic acids is 1. The van der Waals surface area contributed by atoms with E-state index in [1.165, 1.54) is 16.4 Å². The van der Waals surface area contributed by atoms with E-state index < -0.39 is 21.8 Å². The number of hydrogen-bond acceptors (Lipinski definition) is 3. The van der Waals surface area contributed by atoms with Crippen LogP contribution in [0.5, 0.6) is 0 Å². The third-order valence-electron chi connectivity index (χ3n) is 4.86. The summed E-state index contributed by atoms with van der Waals surface area (Å²) >= 11 is 0. The quantitative estimate of drug-likeness (QED) is 0.851. The van der Waals surface area contributed by atoms with E-state index in [1.807, 2.05) is 31.2 Å². The van der Waals surface area contributed by atoms with Gasteiger partial charge >= 0.3 is 0 Å². The molecule has 0 aromatic heterocycles. The Morgan fingerprint density at radius 1 is 1.19 bits per heavy atom. The van der Waals surface area contributed by atoms with Crippen LogP contribution in [0.3, 0.4) is 0 Å². The number of amides is 1. The molecule has 1 aliphatic heterocycles. The zero-order valence-electron chi connectivity index (χ0n) is 15.2. The van der Waals surface area contributed by atoms with E-state index in [2.05, 4.69) is 5.32 Å². The number of aryl methyl sites for hydroxylation is 1. The molecule has 1 heterocycles. The van der Waals surface area contributed by atoms with Crippen molar-refractivity contribution in [2.75, 3.05) is 18.4 Å². The molecule has 0 unspecified atom stereocenters. The second-order valence-electron chi connectivity index (χ2n) is 6.66. The lowest BCUT2D eigenvalue weighted by atomic mass is 9.98. The van der Waals surface area contributed by atoms with Crippen molar-refractivity contribution in [2.24, 2.45) is 5.92 Å². The van der Waals surface area contributed by atoms with Gasteiger partial charge in [0.05, 0.1) is 10.8 Å². The molecule has 27 heavy (non-hydrogen) atoms. The summed E-state index contributed by atoms with van der Waals surface area (Å²) in [4.78, 5) is 12.8. The SMILES string of the molecule is CCc1ccccc1NC(=O)[C@H]1CCCN(S(=O)(=O)c2ccc(F)cc2)C1. The molecule has 1 atom stereocenters. The van der Waals surface area contributed by atoms with Crippen molar-refractivity contribution < 1.29 is 17.6 Å². The fourth-order valence-corrected chi connectivity index (χ4v) is 4.84. The Balaban J connectivity index is 1.73. The van der Waals surface area contributed by atoms with Gasteiger partial charge in [0.25, 0.3) is 0 Å². The number of halogens is 1. The Hall–Kier alpha value is -2.25. The van der Waals surface area contributed by atoms with E-state index in [9.17, 15) is 17.6 Å². The molecule has 1 fully saturated rings. The number of nitrogens with one attached hydrogen (secondary N) is 1. The van der Waals surface area contributed by atoms with Crippen molar-refractivity contribution in [1.29, 1.82) is 0 Å². The highest BCUT2D eigenvalue weighted by molar-refractivity contribution is 7.89. The molecule has 144 valence electrons. The molecule has 1 amide bonds. The van der Waals surface area contributed by atoms with Crippen LogP contribution in [0.25, 0.3) is 0 Å². The molecular weight excluding hydrogens is 367 g/mol. The molecule has 0 aliphatic carbocycles. The molecule has 1 N–H and O–H groups in total. The zero-order valence-corrected chi connectivity index (χ0v) is 16.0. The maximum absolute atomic E-state index is 13.1. The first-order chi connectivity index (χ1) is 12.9. The van der Waals surface area contributed by atoms with Gasteiger partial charge < -0.3 is 5.32 Å². The summed E-state index contributed by atoms with van der Waals surface area (Å²) in [6.07, 6.45) is 2.04. The van der Waals surface area contributed by atoms with Gasteiger partial charge in [-0.15, -0.1) is 0 Å². The predicted molar refractivity (Wildman–Crippen MR) is 102 cm³/mol. The van der Waals surface area contributed by atoms with Crippen molar-refractivity contribution >= 4 is 21.6 Å². The molecule has 3 rings (SSSR count). The van der Waals surface area contributed by atoms with Crippen molar-refractivity contribution in [1.82, 2.24) is 4.31 Å². The average molecular weight is 390 g/mol. The van der Waals surface area contributed by atoms with Gasteiger partial charge in [-0.2, -0.15) is 4.31 Å². The van der Waals surface area contributed by atoms with Gasteiger partial charge in [-0.1, -0.05) is 25.1 Å². The number of sulfonamides is 1. The second-order valence-corrected chi connectivity index (χ2v) is 8.59. The largest absolute Gasteiger partial charge is 0.326 e. The molecule has 1 saturated heterocycles. The number of para-hydroxylation sites is 1. The Kier molecular flexibility index (Phi) is 5.92. The van der Waals surface area contributed by atoms with Gasteiger partial charge in [0.2, 0.25) is 15.9 Å². The van der Waals surface area contributed by atoms with Crippen LogP contribution in [0.2, 0.25) is 0 Å². The van der Waals surface area contributed by atoms with Crippen LogP contribution in [-0.2, 0) is 21.2 Å². The molecule has 0 bridgehead atoms. The first-order valence-corrected chi connectivity index (χ1v) is 10.5. The Labute approximate surface area is 159 Å². The zero-order chi connectivity index (χ0) is 19.4. The molecular formula is C20H23FN2O3S. The predicted octanol–water partition coefficient (Wildman–Crippen LogP) is 3.43. The summed E-state index contributed by atoms with van der Waals surface area (Å²) in [5.41, 5.74) is 1.81. The molecule has 1 aliphatic rings. The number of hydrogen-bond donors (Lipinski definition) is 1. The van der Waals surface area contributed by atoms with E-state index in [0.717, 1.165) is 29.8 Å². The van der Waals surface area contributed by atoms with Crippen molar-refractivity contribution in [3.05, 3.63) is 59.9 Å². The van der Waals surface area contributed by atoms with Crippen molar-refractivity contribution in [3.8, 4) is 0 Å². The normalized spacial score (nSPS) is 18.2. The summed E-state index contributed by atoms with van der Waals surface area (Å²) < 4.78 is 40.0. The Bertz CT molecular complexity index is 913. The molecule has 0 spiro atoms. The fourth-order valence-electron chi connectivity index (χ4n) is 3.32. The third kappa shape index (κ3) is 4.36. The van der Waals surface area contributed by atoms with E-state index in [0.29, 0.717) is 19.4 Å². The number of carbonyl (C=O) groups is 1. The van der Waals surface area contributed by atoms with E-state index in [1.54, 1.807) is 0 Å². The molecule has 5 nitrogen and oxygen atoms in total. The minimum atomic E-state index is -3.74. The van der Waals surface area contributed by atoms with Gasteiger partial charge in [0, 0.05) is 18.8 Å². The van der Waals surface area contributed by atoms with Crippen molar-refractivity contribution in [3.63, 3.8) is 0 Å². The smallest absolute Gasteiger partial charge is 0.243 e. The summed E-state index contributed by atoms with van der Waals surface area (Å²) in [6, 6.07) is 12.4. The summed E-state index contributed by atoms with van der Waals surface area (Å²) in [6.45, 7) is 2.50. The molecule has 7 heteroatoms. The first kappa shape index (κ1) is 19.5. The lowest BCUT2D eigenvalue weighted by molar-refractivity contribution is -0.120. The van der Waals surface area contributed by atoms with E-state index in [-0.39, 0.29) is 17.3 Å². The topological polar surface area (TPSA) is 66.5 Å². The summed E-state index contributed by atoms with van der Waals surface area (Å²) in [7, 11) is -3.74. The van der Waals surface area contributed by atoms with Crippen LogP contribution in [0.15, 0.2) is 53.4 Å². The van der Waals surface area contributed by atoms with Gasteiger partial charge in [0.15, 0.2) is 0 Å². The Morgan fingerprint density at radius 3 is 2.59 bits per heavy atom. The van der Waals surface area contributed by atoms with Crippen LogP contribution >= 0.6 is 0 Å². The first-order valence-electron chi connectivity index (χ1n) is 9.06. The average Bonchev–Trinajstić information content (AvgIpc) is 2.69. The maximum Gasteiger partial charge on any atom is 0.243 e. The van der Waals surface area contributed by atoms with Crippen LogP contribution < -0.4 is 5.32 Å². The van der Waals surface area contributed by atoms with Crippen LogP contribution in [0.1, 0.15) is 25.3 Å². The van der Waals surface area contributed by atoms with E-state index >= 15 is 0 Å². The fraction of sp³-hybridized carbons (Fsp3) is 0.350. The lowest BCUT2D eigenvalue weighted by Gasteiger charge is -2.31. The third-order valence-corrected chi connectivity index (χ3v) is 6.74. The highest BCUT2D eigenvalue weighted by atomic mass is 32.2.